The summed E-state index contributed by atoms with van der Waals surface area (Å²) in [6.45, 7) is 4.78. The van der Waals surface area contributed by atoms with Crippen LogP contribution in [0.3, 0.4) is 0 Å². The molecule has 0 amide bonds. The second-order valence-corrected chi connectivity index (χ2v) is 13.7. The van der Waals surface area contributed by atoms with Gasteiger partial charge in [-0.3, -0.25) is 14.4 Å². The molecular formula is C37H38Cl2N4O4. The average Bonchev–Trinajstić information content (AvgIpc) is 3.70. The normalized spacial score (nSPS) is 22.3. The zero-order valence-corrected chi connectivity index (χ0v) is 27.7. The van der Waals surface area contributed by atoms with E-state index in [1.165, 1.54) is 5.56 Å². The van der Waals surface area contributed by atoms with E-state index in [2.05, 4.69) is 52.3 Å². The molecule has 3 aliphatic rings. The third-order valence-corrected chi connectivity index (χ3v) is 10.5. The lowest BCUT2D eigenvalue weighted by molar-refractivity contribution is -0.141. The molecule has 10 heteroatoms. The summed E-state index contributed by atoms with van der Waals surface area (Å²) in [6.07, 6.45) is 6.30. The van der Waals surface area contributed by atoms with Crippen LogP contribution in [-0.4, -0.2) is 87.8 Å². The van der Waals surface area contributed by atoms with Crippen molar-refractivity contribution in [3.8, 4) is 22.3 Å². The number of likely N-dealkylation sites (tertiary alicyclic amines) is 2. The van der Waals surface area contributed by atoms with E-state index in [1.54, 1.807) is 7.11 Å². The Bertz CT molecular complexity index is 1850. The molecule has 2 fully saturated rings. The summed E-state index contributed by atoms with van der Waals surface area (Å²) in [5.41, 5.74) is 7.09. The maximum absolute atomic E-state index is 11.4. The summed E-state index contributed by atoms with van der Waals surface area (Å²) in [4.78, 5) is 15.8. The van der Waals surface area contributed by atoms with Crippen LogP contribution < -0.4 is 0 Å². The zero-order valence-electron chi connectivity index (χ0n) is 26.2. The lowest BCUT2D eigenvalue weighted by Gasteiger charge is -2.35. The summed E-state index contributed by atoms with van der Waals surface area (Å²) in [6, 6.07) is 20.8. The van der Waals surface area contributed by atoms with Crippen LogP contribution in [0.4, 0.5) is 0 Å². The molecule has 0 radical (unpaired) electrons. The molecule has 1 aromatic heterocycles. The van der Waals surface area contributed by atoms with E-state index in [0.29, 0.717) is 36.1 Å². The van der Waals surface area contributed by atoms with Crippen LogP contribution >= 0.6 is 23.2 Å². The number of aliphatic carboxylic acids is 1. The third-order valence-electron chi connectivity index (χ3n) is 9.72. The van der Waals surface area contributed by atoms with Crippen molar-refractivity contribution in [2.45, 2.75) is 31.7 Å². The highest BCUT2D eigenvalue weighted by Gasteiger charge is 2.32. The van der Waals surface area contributed by atoms with E-state index in [0.717, 1.165) is 64.9 Å². The van der Waals surface area contributed by atoms with Gasteiger partial charge in [-0.1, -0.05) is 83.9 Å². The number of ether oxygens (including phenoxy) is 1. The van der Waals surface area contributed by atoms with Crippen LogP contribution in [0.25, 0.3) is 33.2 Å². The first-order chi connectivity index (χ1) is 22.8. The standard InChI is InChI=1S/C37H38Cl2N4O4/c1-47-35-15-26(33(38)14-27(35)19-41-13-12-25(18-41)37(45)46)20-43-34-7-3-5-30(32(34)16-40-43)31-6-2-4-29(36(31)39)24-10-8-23(9-11-24)17-42-21-28(44)22-42/h2-11,14-16,25,27-28,35,44H,12-13,17-22H2,1H3,(H,45,46)/t25-,27?,35?/m1/s1. The third kappa shape index (κ3) is 6.64. The molecule has 244 valence electrons. The molecule has 2 unspecified atom stereocenters. The number of nitrogens with zero attached hydrogens (tertiary/aromatic N) is 4. The van der Waals surface area contributed by atoms with Gasteiger partial charge in [0.25, 0.3) is 0 Å². The SMILES string of the molecule is COC1C=C(Cn2ncc3c(-c4cccc(-c5ccc(CN6CC(O)C6)cc5)c4Cl)cccc32)C(Cl)=CC1CN1CC[C@@H](C(=O)O)C1. The highest BCUT2D eigenvalue weighted by molar-refractivity contribution is 6.36. The van der Waals surface area contributed by atoms with Crippen molar-refractivity contribution in [1.29, 1.82) is 0 Å². The number of aliphatic hydroxyl groups is 1. The lowest BCUT2D eigenvalue weighted by Crippen LogP contribution is -2.49. The van der Waals surface area contributed by atoms with Crippen molar-refractivity contribution in [2.24, 2.45) is 11.8 Å². The molecular weight excluding hydrogens is 635 g/mol. The average molecular weight is 674 g/mol. The number of benzene rings is 3. The van der Waals surface area contributed by atoms with Crippen molar-refractivity contribution in [1.82, 2.24) is 19.6 Å². The van der Waals surface area contributed by atoms with Crippen LogP contribution in [0.15, 0.2) is 89.6 Å². The minimum Gasteiger partial charge on any atom is -0.481 e. The molecule has 47 heavy (non-hydrogen) atoms. The number of hydrogen-bond acceptors (Lipinski definition) is 6. The first kappa shape index (κ1) is 32.1. The van der Waals surface area contributed by atoms with Crippen LogP contribution in [0.1, 0.15) is 12.0 Å². The van der Waals surface area contributed by atoms with Crippen molar-refractivity contribution < 1.29 is 19.7 Å². The van der Waals surface area contributed by atoms with Gasteiger partial charge in [-0.05, 0) is 47.4 Å². The molecule has 7 rings (SSSR count). The van der Waals surface area contributed by atoms with Crippen molar-refractivity contribution in [3.63, 3.8) is 0 Å². The van der Waals surface area contributed by atoms with Gasteiger partial charge in [0.05, 0.1) is 41.4 Å². The van der Waals surface area contributed by atoms with Gasteiger partial charge in [0.15, 0.2) is 0 Å². The van der Waals surface area contributed by atoms with Crippen molar-refractivity contribution in [2.75, 3.05) is 39.8 Å². The number of aliphatic hydroxyl groups excluding tert-OH is 1. The molecule has 1 aliphatic carbocycles. The molecule has 3 atom stereocenters. The second kappa shape index (κ2) is 13.5. The number of allylic oxidation sites excluding steroid dienone is 2. The van der Waals surface area contributed by atoms with Gasteiger partial charge in [0.1, 0.15) is 0 Å². The summed E-state index contributed by atoms with van der Waals surface area (Å²) in [5, 5.41) is 26.1. The molecule has 0 saturated carbocycles. The Morgan fingerprint density at radius 1 is 0.936 bits per heavy atom. The van der Waals surface area contributed by atoms with Gasteiger partial charge in [-0.15, -0.1) is 0 Å². The van der Waals surface area contributed by atoms with E-state index < -0.39 is 5.97 Å². The summed E-state index contributed by atoms with van der Waals surface area (Å²) in [7, 11) is 1.70. The van der Waals surface area contributed by atoms with E-state index in [9.17, 15) is 15.0 Å². The number of methoxy groups -OCH3 is 1. The number of hydrogen-bond donors (Lipinski definition) is 2. The summed E-state index contributed by atoms with van der Waals surface area (Å²) < 4.78 is 7.83. The molecule has 0 bridgehead atoms. The molecule has 2 N–H and O–H groups in total. The largest absolute Gasteiger partial charge is 0.481 e. The molecule has 2 saturated heterocycles. The second-order valence-electron chi connectivity index (χ2n) is 12.9. The molecule has 8 nitrogen and oxygen atoms in total. The number of rotatable bonds is 10. The van der Waals surface area contributed by atoms with Gasteiger partial charge < -0.3 is 19.8 Å². The first-order valence-corrected chi connectivity index (χ1v) is 16.8. The zero-order chi connectivity index (χ0) is 32.7. The number of aromatic nitrogens is 2. The maximum Gasteiger partial charge on any atom is 0.307 e. The predicted molar refractivity (Wildman–Crippen MR) is 185 cm³/mol. The van der Waals surface area contributed by atoms with Gasteiger partial charge in [-0.25, -0.2) is 0 Å². The van der Waals surface area contributed by atoms with Gasteiger partial charge in [0, 0.05) is 67.3 Å². The molecule has 2 aliphatic heterocycles. The topological polar surface area (TPSA) is 91.1 Å². The van der Waals surface area contributed by atoms with Gasteiger partial charge >= 0.3 is 5.97 Å². The molecule has 0 spiro atoms. The van der Waals surface area contributed by atoms with Gasteiger partial charge in [0.2, 0.25) is 0 Å². The minimum absolute atomic E-state index is 0.0323. The Morgan fingerprint density at radius 2 is 1.68 bits per heavy atom. The highest BCUT2D eigenvalue weighted by atomic mass is 35.5. The Morgan fingerprint density at radius 3 is 2.40 bits per heavy atom. The van der Waals surface area contributed by atoms with Crippen LogP contribution in [0.2, 0.25) is 5.02 Å². The van der Waals surface area contributed by atoms with Crippen molar-refractivity contribution >= 4 is 40.1 Å². The van der Waals surface area contributed by atoms with E-state index in [4.69, 9.17) is 33.0 Å². The Hall–Kier alpha value is -3.50. The fourth-order valence-corrected chi connectivity index (χ4v) is 7.75. The smallest absolute Gasteiger partial charge is 0.307 e. The summed E-state index contributed by atoms with van der Waals surface area (Å²) in [5.74, 6) is -1.01. The predicted octanol–water partition coefficient (Wildman–Crippen LogP) is 6.30. The quantitative estimate of drug-likeness (QED) is 0.204. The Balaban J connectivity index is 1.10. The molecule has 3 heterocycles. The highest BCUT2D eigenvalue weighted by Crippen LogP contribution is 2.40. The van der Waals surface area contributed by atoms with Crippen LogP contribution in [-0.2, 0) is 22.6 Å². The number of fused-ring (bicyclic) bond motifs is 1. The minimum atomic E-state index is -0.731. The maximum atomic E-state index is 11.4. The molecule has 4 aromatic rings. The van der Waals surface area contributed by atoms with Crippen LogP contribution in [0, 0.1) is 11.8 Å². The number of carboxylic acids is 1. The Kier molecular flexibility index (Phi) is 9.24. The number of halogens is 2. The lowest BCUT2D eigenvalue weighted by atomic mass is 9.92. The van der Waals surface area contributed by atoms with Gasteiger partial charge in [-0.2, -0.15) is 5.10 Å². The fourth-order valence-electron chi connectivity index (χ4n) is 7.13. The monoisotopic (exact) mass is 672 g/mol. The first-order valence-electron chi connectivity index (χ1n) is 16.1. The number of β-amino-alcohol motifs (C(OH)–C–C–N with tert-alkyl or cyclic N) is 1. The number of carbonyl (C=O) groups is 1. The number of carboxylic acid groups (broad SMARTS) is 1. The van der Waals surface area contributed by atoms with E-state index in [-0.39, 0.29) is 24.0 Å². The van der Waals surface area contributed by atoms with E-state index >= 15 is 0 Å². The summed E-state index contributed by atoms with van der Waals surface area (Å²) >= 11 is 14.0. The fraction of sp³-hybridized carbons (Fsp3) is 0.351. The van der Waals surface area contributed by atoms with Crippen LogP contribution in [0.5, 0.6) is 0 Å². The van der Waals surface area contributed by atoms with E-state index in [1.807, 2.05) is 41.2 Å². The Labute approximate surface area is 284 Å². The molecule has 3 aromatic carbocycles. The van der Waals surface area contributed by atoms with Crippen molar-refractivity contribution in [3.05, 3.63) is 100 Å².